The minimum absolute atomic E-state index is 0.113. The number of ether oxygens (including phenoxy) is 1. The average Bonchev–Trinajstić information content (AvgIpc) is 2.80. The van der Waals surface area contributed by atoms with Crippen LogP contribution in [0.1, 0.15) is 16.1 Å². The number of H-pyrrole nitrogens is 1. The van der Waals surface area contributed by atoms with Gasteiger partial charge in [0.15, 0.2) is 0 Å². The van der Waals surface area contributed by atoms with Crippen molar-refractivity contribution in [2.45, 2.75) is 13.0 Å². The molecule has 0 saturated carbocycles. The van der Waals surface area contributed by atoms with Crippen molar-refractivity contribution in [2.75, 3.05) is 7.11 Å². The lowest BCUT2D eigenvalue weighted by atomic mass is 10.1. The summed E-state index contributed by atoms with van der Waals surface area (Å²) in [4.78, 5) is 23.6. The molecule has 2 aromatic rings. The summed E-state index contributed by atoms with van der Waals surface area (Å²) in [7, 11) is 1.56. The first-order valence-corrected chi connectivity index (χ1v) is 5.81. The summed E-state index contributed by atoms with van der Waals surface area (Å²) in [5, 5.41) is 2.68. The molecule has 0 spiro atoms. The SMILES string of the molecule is COc1cccc(CC(=O)n2[nH]c(CN)cc2=O)c1. The number of carbonyl (C=O) groups is 1. The van der Waals surface area contributed by atoms with Gasteiger partial charge in [-0.25, -0.2) is 0 Å². The number of benzene rings is 1. The van der Waals surface area contributed by atoms with E-state index >= 15 is 0 Å². The van der Waals surface area contributed by atoms with Crippen molar-refractivity contribution >= 4 is 5.91 Å². The molecule has 0 unspecified atom stereocenters. The summed E-state index contributed by atoms with van der Waals surface area (Å²) in [5.41, 5.74) is 6.33. The molecule has 1 heterocycles. The van der Waals surface area contributed by atoms with Crippen LogP contribution >= 0.6 is 0 Å². The van der Waals surface area contributed by atoms with Gasteiger partial charge in [0.1, 0.15) is 5.75 Å². The number of hydrogen-bond acceptors (Lipinski definition) is 4. The molecule has 0 aliphatic rings. The number of nitrogens with one attached hydrogen (secondary N) is 1. The molecule has 1 aromatic heterocycles. The Labute approximate surface area is 109 Å². The third-order valence-corrected chi connectivity index (χ3v) is 2.73. The molecule has 19 heavy (non-hydrogen) atoms. The zero-order valence-corrected chi connectivity index (χ0v) is 10.6. The van der Waals surface area contributed by atoms with E-state index in [-0.39, 0.29) is 18.9 Å². The van der Waals surface area contributed by atoms with Crippen LogP contribution in [0.5, 0.6) is 5.75 Å². The van der Waals surface area contributed by atoms with E-state index in [0.717, 1.165) is 10.2 Å². The number of nitrogens with zero attached hydrogens (tertiary/aromatic N) is 1. The minimum Gasteiger partial charge on any atom is -0.497 e. The molecular weight excluding hydrogens is 246 g/mol. The van der Waals surface area contributed by atoms with Crippen LogP contribution < -0.4 is 16.0 Å². The lowest BCUT2D eigenvalue weighted by molar-refractivity contribution is 0.0894. The van der Waals surface area contributed by atoms with Gasteiger partial charge in [-0.3, -0.25) is 14.7 Å². The van der Waals surface area contributed by atoms with E-state index in [1.54, 1.807) is 31.4 Å². The first-order chi connectivity index (χ1) is 9.13. The number of carbonyl (C=O) groups excluding carboxylic acids is 1. The molecule has 0 saturated heterocycles. The molecule has 6 heteroatoms. The van der Waals surface area contributed by atoms with Crippen LogP contribution in [-0.2, 0) is 13.0 Å². The number of hydrogen-bond donors (Lipinski definition) is 2. The molecular formula is C13H15N3O3. The Kier molecular flexibility index (Phi) is 3.82. The molecule has 0 amide bonds. The smallest absolute Gasteiger partial charge is 0.273 e. The lowest BCUT2D eigenvalue weighted by Gasteiger charge is -2.04. The highest BCUT2D eigenvalue weighted by atomic mass is 16.5. The number of methoxy groups -OCH3 is 1. The van der Waals surface area contributed by atoms with Crippen LogP contribution in [-0.4, -0.2) is 22.8 Å². The zero-order chi connectivity index (χ0) is 13.8. The highest BCUT2D eigenvalue weighted by Crippen LogP contribution is 2.13. The van der Waals surface area contributed by atoms with Crippen LogP contribution in [0, 0.1) is 0 Å². The minimum atomic E-state index is -0.395. The molecule has 0 bridgehead atoms. The van der Waals surface area contributed by atoms with Crippen molar-refractivity contribution in [3.8, 4) is 5.75 Å². The molecule has 1 aromatic carbocycles. The predicted molar refractivity (Wildman–Crippen MR) is 70.3 cm³/mol. The summed E-state index contributed by atoms with van der Waals surface area (Å²) in [6.07, 6.45) is 0.113. The van der Waals surface area contributed by atoms with Gasteiger partial charge in [-0.1, -0.05) is 12.1 Å². The van der Waals surface area contributed by atoms with Crippen molar-refractivity contribution in [3.05, 3.63) is 51.9 Å². The van der Waals surface area contributed by atoms with Crippen LogP contribution in [0.3, 0.4) is 0 Å². The van der Waals surface area contributed by atoms with E-state index in [2.05, 4.69) is 5.10 Å². The summed E-state index contributed by atoms with van der Waals surface area (Å²) < 4.78 is 6.06. The molecule has 0 fully saturated rings. The predicted octanol–water partition coefficient (Wildman–Crippen LogP) is 0.527. The van der Waals surface area contributed by atoms with Crippen molar-refractivity contribution in [1.29, 1.82) is 0 Å². The van der Waals surface area contributed by atoms with Crippen molar-refractivity contribution in [1.82, 2.24) is 9.78 Å². The Morgan fingerprint density at radius 1 is 1.42 bits per heavy atom. The molecule has 0 atom stereocenters. The number of nitrogens with two attached hydrogens (primary N) is 1. The van der Waals surface area contributed by atoms with Gasteiger partial charge in [-0.2, -0.15) is 4.68 Å². The normalized spacial score (nSPS) is 10.4. The summed E-state index contributed by atoms with van der Waals surface area (Å²) in [6, 6.07) is 8.48. The molecule has 0 aliphatic heterocycles. The van der Waals surface area contributed by atoms with Gasteiger partial charge in [-0.15, -0.1) is 0 Å². The van der Waals surface area contributed by atoms with E-state index < -0.39 is 5.56 Å². The number of rotatable bonds is 4. The molecule has 0 radical (unpaired) electrons. The molecule has 2 rings (SSSR count). The first-order valence-electron chi connectivity index (χ1n) is 5.81. The Bertz CT molecular complexity index is 643. The largest absolute Gasteiger partial charge is 0.497 e. The van der Waals surface area contributed by atoms with Gasteiger partial charge in [0.25, 0.3) is 11.5 Å². The van der Waals surface area contributed by atoms with Crippen molar-refractivity contribution in [3.63, 3.8) is 0 Å². The topological polar surface area (TPSA) is 90.1 Å². The van der Waals surface area contributed by atoms with Crippen LogP contribution in [0.2, 0.25) is 0 Å². The Hall–Kier alpha value is -2.34. The fraction of sp³-hybridized carbons (Fsp3) is 0.231. The molecule has 3 N–H and O–H groups in total. The number of aromatic amines is 1. The van der Waals surface area contributed by atoms with Gasteiger partial charge >= 0.3 is 0 Å². The Morgan fingerprint density at radius 3 is 2.84 bits per heavy atom. The van der Waals surface area contributed by atoms with E-state index in [9.17, 15) is 9.59 Å². The summed E-state index contributed by atoms with van der Waals surface area (Å²) in [6.45, 7) is 0.189. The second-order valence-corrected chi connectivity index (χ2v) is 4.08. The molecule has 6 nitrogen and oxygen atoms in total. The maximum absolute atomic E-state index is 12.0. The van der Waals surface area contributed by atoms with Gasteiger partial charge < -0.3 is 10.5 Å². The highest BCUT2D eigenvalue weighted by Gasteiger charge is 2.11. The quantitative estimate of drug-likeness (QED) is 0.839. The van der Waals surface area contributed by atoms with E-state index in [4.69, 9.17) is 10.5 Å². The van der Waals surface area contributed by atoms with Crippen LogP contribution in [0.4, 0.5) is 0 Å². The second-order valence-electron chi connectivity index (χ2n) is 4.08. The van der Waals surface area contributed by atoms with Gasteiger partial charge in [0.05, 0.1) is 19.2 Å². The third kappa shape index (κ3) is 2.92. The summed E-state index contributed by atoms with van der Waals surface area (Å²) in [5.74, 6) is 0.338. The number of aromatic nitrogens is 2. The maximum atomic E-state index is 12.0. The first kappa shape index (κ1) is 13.1. The summed E-state index contributed by atoms with van der Waals surface area (Å²) >= 11 is 0. The molecule has 0 aliphatic carbocycles. The van der Waals surface area contributed by atoms with E-state index in [1.165, 1.54) is 6.07 Å². The van der Waals surface area contributed by atoms with Gasteiger partial charge in [-0.05, 0) is 17.7 Å². The molecule has 100 valence electrons. The average molecular weight is 261 g/mol. The lowest BCUT2D eigenvalue weighted by Crippen LogP contribution is -2.25. The second kappa shape index (κ2) is 5.53. The van der Waals surface area contributed by atoms with Gasteiger partial charge in [0, 0.05) is 12.6 Å². The Balaban J connectivity index is 2.20. The van der Waals surface area contributed by atoms with Crippen LogP contribution in [0.15, 0.2) is 35.1 Å². The van der Waals surface area contributed by atoms with Crippen molar-refractivity contribution < 1.29 is 9.53 Å². The fourth-order valence-electron chi connectivity index (χ4n) is 1.77. The third-order valence-electron chi connectivity index (χ3n) is 2.73. The Morgan fingerprint density at radius 2 is 2.21 bits per heavy atom. The van der Waals surface area contributed by atoms with Gasteiger partial charge in [0.2, 0.25) is 0 Å². The van der Waals surface area contributed by atoms with E-state index in [1.807, 2.05) is 0 Å². The zero-order valence-electron chi connectivity index (χ0n) is 10.6. The van der Waals surface area contributed by atoms with Crippen molar-refractivity contribution in [2.24, 2.45) is 5.73 Å². The highest BCUT2D eigenvalue weighted by molar-refractivity contribution is 5.80. The van der Waals surface area contributed by atoms with E-state index in [0.29, 0.717) is 11.4 Å². The maximum Gasteiger partial charge on any atom is 0.273 e. The monoisotopic (exact) mass is 261 g/mol. The standard InChI is InChI=1S/C13H15N3O3/c1-19-11-4-2-3-9(5-11)6-12(17)16-13(18)7-10(8-14)15-16/h2-5,7,15H,6,8,14H2,1H3. The van der Waals surface area contributed by atoms with Crippen LogP contribution in [0.25, 0.3) is 0 Å². The fourth-order valence-corrected chi connectivity index (χ4v) is 1.77.